The van der Waals surface area contributed by atoms with Gasteiger partial charge in [0.15, 0.2) is 5.82 Å². The van der Waals surface area contributed by atoms with Crippen molar-refractivity contribution in [2.45, 2.75) is 12.6 Å². The zero-order chi connectivity index (χ0) is 12.5. The summed E-state index contributed by atoms with van der Waals surface area (Å²) in [5.41, 5.74) is 0.568. The Morgan fingerprint density at radius 1 is 1.41 bits per heavy atom. The second-order valence-electron chi connectivity index (χ2n) is 3.21. The molecule has 2 aromatic rings. The summed E-state index contributed by atoms with van der Waals surface area (Å²) in [6, 6.07) is 4.77. The lowest BCUT2D eigenvalue weighted by Gasteiger charge is -1.99. The summed E-state index contributed by atoms with van der Waals surface area (Å²) in [6.45, 7) is 0. The second-order valence-corrected chi connectivity index (χ2v) is 3.21. The average molecular weight is 242 g/mol. The van der Waals surface area contributed by atoms with Gasteiger partial charge in [-0.15, -0.1) is 0 Å². The van der Waals surface area contributed by atoms with Gasteiger partial charge in [-0.3, -0.25) is 0 Å². The van der Waals surface area contributed by atoms with Gasteiger partial charge in [-0.2, -0.15) is 23.4 Å². The van der Waals surface area contributed by atoms with E-state index in [-0.39, 0.29) is 11.6 Å². The molecule has 0 saturated heterocycles. The molecule has 0 aliphatic rings. The Morgan fingerprint density at radius 3 is 2.76 bits per heavy atom. The van der Waals surface area contributed by atoms with Crippen molar-refractivity contribution in [2.24, 2.45) is 0 Å². The van der Waals surface area contributed by atoms with Gasteiger partial charge in [0.05, 0.1) is 0 Å². The first-order valence-corrected chi connectivity index (χ1v) is 4.47. The first-order chi connectivity index (χ1) is 7.98. The van der Waals surface area contributed by atoms with E-state index < -0.39 is 18.4 Å². The van der Waals surface area contributed by atoms with Crippen molar-refractivity contribution in [3.63, 3.8) is 0 Å². The molecule has 0 fully saturated rings. The van der Waals surface area contributed by atoms with Crippen molar-refractivity contribution in [3.8, 4) is 17.7 Å². The van der Waals surface area contributed by atoms with Crippen LogP contribution in [0.2, 0.25) is 0 Å². The molecule has 0 spiro atoms. The molecular weight excluding hydrogens is 237 g/mol. The van der Waals surface area contributed by atoms with Gasteiger partial charge in [0.1, 0.15) is 23.9 Å². The zero-order valence-corrected chi connectivity index (χ0v) is 8.25. The van der Waals surface area contributed by atoms with E-state index in [2.05, 4.69) is 19.6 Å². The summed E-state index contributed by atoms with van der Waals surface area (Å²) in [5.74, 6) is -0.522. The maximum absolute atomic E-state index is 12.0. The van der Waals surface area contributed by atoms with Crippen LogP contribution in [0, 0.1) is 11.3 Å². The number of alkyl halides is 3. The highest BCUT2D eigenvalue weighted by Gasteiger charge is 2.30. The van der Waals surface area contributed by atoms with Crippen molar-refractivity contribution in [1.29, 1.82) is 5.26 Å². The maximum atomic E-state index is 12.0. The van der Waals surface area contributed by atoms with Gasteiger partial charge >= 0.3 is 6.18 Å². The van der Waals surface area contributed by atoms with E-state index in [0.717, 1.165) is 0 Å². The van der Waals surface area contributed by atoms with Crippen molar-refractivity contribution in [1.82, 2.24) is 15.1 Å². The molecule has 0 unspecified atom stereocenters. The van der Waals surface area contributed by atoms with Crippen molar-refractivity contribution < 1.29 is 17.7 Å². The third kappa shape index (κ3) is 2.63. The first-order valence-electron chi connectivity index (χ1n) is 4.47. The van der Waals surface area contributed by atoms with Crippen LogP contribution in [0.1, 0.15) is 11.5 Å². The van der Waals surface area contributed by atoms with Gasteiger partial charge in [-0.05, 0) is 12.1 Å². The summed E-state index contributed by atoms with van der Waals surface area (Å²) in [7, 11) is 0. The highest BCUT2D eigenvalue weighted by Crippen LogP contribution is 2.22. The number of aromatic amines is 1. The van der Waals surface area contributed by atoms with Crippen LogP contribution in [0.3, 0.4) is 0 Å². The molecule has 0 saturated carbocycles. The van der Waals surface area contributed by atoms with Crippen LogP contribution >= 0.6 is 0 Å². The number of nitriles is 1. The number of aromatic nitrogens is 3. The predicted octanol–water partition coefficient (Wildman–Crippen LogP) is 2.04. The smallest absolute Gasteiger partial charge is 0.342 e. The summed E-state index contributed by atoms with van der Waals surface area (Å²) in [6.07, 6.45) is -5.63. The molecule has 0 aromatic carbocycles. The number of hydrogen-bond donors (Lipinski definition) is 1. The molecule has 0 amide bonds. The van der Waals surface area contributed by atoms with Gasteiger partial charge in [0, 0.05) is 0 Å². The Morgan fingerprint density at radius 2 is 2.18 bits per heavy atom. The number of nitrogens with zero attached hydrogens (tertiary/aromatic N) is 3. The molecule has 2 rings (SSSR count). The van der Waals surface area contributed by atoms with Crippen molar-refractivity contribution in [2.75, 3.05) is 0 Å². The van der Waals surface area contributed by atoms with Gasteiger partial charge in [0.2, 0.25) is 0 Å². The summed E-state index contributed by atoms with van der Waals surface area (Å²) in [5, 5.41) is 11.8. The average Bonchev–Trinajstić information content (AvgIpc) is 2.82. The number of rotatable bonds is 2. The minimum atomic E-state index is -4.38. The Labute approximate surface area is 92.9 Å². The normalized spacial score (nSPS) is 11.4. The number of H-pyrrole nitrogens is 1. The maximum Gasteiger partial charge on any atom is 0.396 e. The lowest BCUT2D eigenvalue weighted by molar-refractivity contribution is -0.128. The summed E-state index contributed by atoms with van der Waals surface area (Å²) < 4.78 is 40.8. The molecule has 88 valence electrons. The van der Waals surface area contributed by atoms with Crippen LogP contribution in [-0.2, 0) is 6.42 Å². The Hall–Kier alpha value is -2.30. The van der Waals surface area contributed by atoms with E-state index in [1.54, 1.807) is 0 Å². The molecule has 2 aromatic heterocycles. The molecule has 17 heavy (non-hydrogen) atoms. The standard InChI is InChI=1S/C9H5F3N4O/c10-9(11,12)3-7-15-8(17-16-7)6-2-1-5(4-13)14-6/h1-2,14H,3H2. The van der Waals surface area contributed by atoms with Crippen LogP contribution in [0.4, 0.5) is 13.2 Å². The molecule has 0 radical (unpaired) electrons. The molecule has 0 aliphatic carbocycles. The second kappa shape index (κ2) is 3.93. The van der Waals surface area contributed by atoms with Crippen molar-refractivity contribution in [3.05, 3.63) is 23.7 Å². The zero-order valence-electron chi connectivity index (χ0n) is 8.25. The van der Waals surface area contributed by atoms with Crippen LogP contribution in [0.15, 0.2) is 16.7 Å². The summed E-state index contributed by atoms with van der Waals surface area (Å²) in [4.78, 5) is 6.19. The van der Waals surface area contributed by atoms with Crippen LogP contribution in [0.25, 0.3) is 11.6 Å². The molecule has 5 nitrogen and oxygen atoms in total. The number of nitrogens with one attached hydrogen (secondary N) is 1. The molecule has 0 atom stereocenters. The quantitative estimate of drug-likeness (QED) is 0.873. The van der Waals surface area contributed by atoms with Gasteiger partial charge in [-0.1, -0.05) is 5.16 Å². The van der Waals surface area contributed by atoms with Crippen LogP contribution < -0.4 is 0 Å². The van der Waals surface area contributed by atoms with E-state index >= 15 is 0 Å². The highest BCUT2D eigenvalue weighted by atomic mass is 19.4. The monoisotopic (exact) mass is 242 g/mol. The highest BCUT2D eigenvalue weighted by molar-refractivity contribution is 5.49. The third-order valence-electron chi connectivity index (χ3n) is 1.86. The van der Waals surface area contributed by atoms with Gasteiger partial charge < -0.3 is 9.51 Å². The Kier molecular flexibility index (Phi) is 2.59. The lowest BCUT2D eigenvalue weighted by Crippen LogP contribution is -2.12. The molecule has 0 bridgehead atoms. The lowest BCUT2D eigenvalue weighted by atomic mass is 10.4. The molecule has 0 aliphatic heterocycles. The predicted molar refractivity (Wildman–Crippen MR) is 48.6 cm³/mol. The van der Waals surface area contributed by atoms with Gasteiger partial charge in [-0.25, -0.2) is 0 Å². The van der Waals surface area contributed by atoms with E-state index in [9.17, 15) is 13.2 Å². The minimum Gasteiger partial charge on any atom is -0.342 e. The fourth-order valence-corrected chi connectivity index (χ4v) is 1.20. The van der Waals surface area contributed by atoms with Crippen LogP contribution in [-0.4, -0.2) is 21.3 Å². The van der Waals surface area contributed by atoms with Gasteiger partial charge in [0.25, 0.3) is 5.89 Å². The topological polar surface area (TPSA) is 78.5 Å². The van der Waals surface area contributed by atoms with E-state index in [1.165, 1.54) is 12.1 Å². The van der Waals surface area contributed by atoms with Crippen molar-refractivity contribution >= 4 is 0 Å². The SMILES string of the molecule is N#Cc1ccc(-c2nc(CC(F)(F)F)no2)[nH]1. The largest absolute Gasteiger partial charge is 0.396 e. The molecule has 1 N–H and O–H groups in total. The molecular formula is C9H5F3N4O. The number of hydrogen-bond acceptors (Lipinski definition) is 4. The fraction of sp³-hybridized carbons (Fsp3) is 0.222. The van der Waals surface area contributed by atoms with Crippen LogP contribution in [0.5, 0.6) is 0 Å². The molecule has 8 heteroatoms. The van der Waals surface area contributed by atoms with E-state index in [0.29, 0.717) is 5.69 Å². The Bertz CT molecular complexity index is 563. The first kappa shape index (κ1) is 11.2. The van der Waals surface area contributed by atoms with E-state index in [1.807, 2.05) is 6.07 Å². The molecule has 2 heterocycles. The van der Waals surface area contributed by atoms with E-state index in [4.69, 9.17) is 5.26 Å². The third-order valence-corrected chi connectivity index (χ3v) is 1.86. The number of halogens is 3. The summed E-state index contributed by atoms with van der Waals surface area (Å²) >= 11 is 0. The Balaban J connectivity index is 2.21. The fourth-order valence-electron chi connectivity index (χ4n) is 1.20. The minimum absolute atomic E-state index is 0.0780.